The van der Waals surface area contributed by atoms with Crippen LogP contribution < -0.4 is 14.8 Å². The lowest BCUT2D eigenvalue weighted by Gasteiger charge is -2.29. The second-order valence-corrected chi connectivity index (χ2v) is 9.87. The third-order valence-corrected chi connectivity index (χ3v) is 6.16. The minimum absolute atomic E-state index is 0.0539. The second-order valence-electron chi connectivity index (χ2n) is 6.96. The quantitative estimate of drug-likeness (QED) is 0.500. The van der Waals surface area contributed by atoms with Gasteiger partial charge in [0, 0.05) is 29.5 Å². The Morgan fingerprint density at radius 1 is 1.12 bits per heavy atom. The van der Waals surface area contributed by atoms with Gasteiger partial charge < -0.3 is 9.47 Å². The number of carbonyl (C=O) groups excluding carboxylic acids is 1. The molecule has 0 radical (unpaired) electrons. The fraction of sp³-hybridized carbons (Fsp3) is 0.250. The average molecular weight is 502 g/mol. The Kier molecular flexibility index (Phi) is 6.93. The molecule has 0 fully saturated rings. The van der Waals surface area contributed by atoms with E-state index < -0.39 is 34.1 Å². The van der Waals surface area contributed by atoms with E-state index in [9.17, 15) is 26.4 Å². The van der Waals surface area contributed by atoms with E-state index in [1.54, 1.807) is 5.38 Å². The predicted octanol–water partition coefficient (Wildman–Crippen LogP) is 3.82. The van der Waals surface area contributed by atoms with Crippen LogP contribution in [0, 0.1) is 0 Å². The third-order valence-electron chi connectivity index (χ3n) is 4.34. The van der Waals surface area contributed by atoms with Gasteiger partial charge in [-0.1, -0.05) is 12.1 Å². The number of hydrogen-bond donors (Lipinski definition) is 1. The van der Waals surface area contributed by atoms with E-state index in [4.69, 9.17) is 4.74 Å². The van der Waals surface area contributed by atoms with Crippen LogP contribution in [0.3, 0.4) is 0 Å². The third kappa shape index (κ3) is 6.42. The van der Waals surface area contributed by atoms with Gasteiger partial charge in [-0.25, -0.2) is 18.4 Å². The van der Waals surface area contributed by atoms with E-state index in [1.807, 2.05) is 0 Å². The van der Waals surface area contributed by atoms with Crippen LogP contribution in [-0.4, -0.2) is 43.3 Å². The summed E-state index contributed by atoms with van der Waals surface area (Å²) in [5.41, 5.74) is -1.38. The van der Waals surface area contributed by atoms with Crippen LogP contribution >= 0.6 is 11.3 Å². The summed E-state index contributed by atoms with van der Waals surface area (Å²) in [4.78, 5) is 21.1. The number of thiazole rings is 1. The summed E-state index contributed by atoms with van der Waals surface area (Å²) in [6, 6.07) is 8.01. The van der Waals surface area contributed by atoms with Gasteiger partial charge in [-0.15, -0.1) is 11.3 Å². The van der Waals surface area contributed by atoms with E-state index in [0.717, 1.165) is 12.5 Å². The van der Waals surface area contributed by atoms with E-state index in [0.29, 0.717) is 10.7 Å². The Morgan fingerprint density at radius 3 is 2.33 bits per heavy atom. The SMILES string of the molecule is CC(Oc1ccc(OCC(F)(F)F)cn1)(C(=O)Nc1nccs1)c1ccc(S(C)(=O)=O)cc1. The number of carbonyl (C=O) groups is 1. The summed E-state index contributed by atoms with van der Waals surface area (Å²) in [6.07, 6.45) is -0.910. The lowest BCUT2D eigenvalue weighted by molar-refractivity contribution is -0.153. The normalized spacial score (nSPS) is 13.7. The number of aromatic nitrogens is 2. The molecular formula is C20H18F3N3O5S2. The summed E-state index contributed by atoms with van der Waals surface area (Å²) in [5.74, 6) is -0.826. The Balaban J connectivity index is 1.89. The van der Waals surface area contributed by atoms with Gasteiger partial charge in [-0.2, -0.15) is 13.2 Å². The molecule has 0 bridgehead atoms. The first-order valence-corrected chi connectivity index (χ1v) is 12.0. The zero-order valence-corrected chi connectivity index (χ0v) is 18.9. The highest BCUT2D eigenvalue weighted by atomic mass is 32.2. The molecule has 0 aliphatic rings. The zero-order valence-electron chi connectivity index (χ0n) is 17.3. The Hall–Kier alpha value is -3.19. The Bertz CT molecular complexity index is 1200. The van der Waals surface area contributed by atoms with E-state index in [2.05, 4.69) is 20.0 Å². The number of nitrogens with zero attached hydrogens (tertiary/aromatic N) is 2. The number of nitrogens with one attached hydrogen (secondary N) is 1. The van der Waals surface area contributed by atoms with Crippen molar-refractivity contribution in [3.63, 3.8) is 0 Å². The van der Waals surface area contributed by atoms with Crippen molar-refractivity contribution >= 4 is 32.2 Å². The molecule has 0 aliphatic carbocycles. The number of amides is 1. The lowest BCUT2D eigenvalue weighted by Crippen LogP contribution is -2.43. The van der Waals surface area contributed by atoms with Crippen molar-refractivity contribution in [1.82, 2.24) is 9.97 Å². The van der Waals surface area contributed by atoms with Crippen LogP contribution in [-0.2, 0) is 20.2 Å². The molecule has 1 atom stereocenters. The monoisotopic (exact) mass is 501 g/mol. The predicted molar refractivity (Wildman–Crippen MR) is 114 cm³/mol. The van der Waals surface area contributed by atoms with E-state index in [-0.39, 0.29) is 16.5 Å². The summed E-state index contributed by atoms with van der Waals surface area (Å²) in [6.45, 7) is -0.0311. The molecule has 3 rings (SSSR count). The molecule has 2 aromatic heterocycles. The molecule has 33 heavy (non-hydrogen) atoms. The van der Waals surface area contributed by atoms with Crippen LogP contribution in [0.2, 0.25) is 0 Å². The molecule has 1 unspecified atom stereocenters. The maximum absolute atomic E-state index is 13.1. The number of rotatable bonds is 8. The highest BCUT2D eigenvalue weighted by molar-refractivity contribution is 7.90. The fourth-order valence-corrected chi connectivity index (χ4v) is 3.80. The van der Waals surface area contributed by atoms with Crippen LogP contribution in [0.4, 0.5) is 18.3 Å². The Labute approximate surface area is 191 Å². The van der Waals surface area contributed by atoms with Crippen molar-refractivity contribution in [2.75, 3.05) is 18.2 Å². The van der Waals surface area contributed by atoms with Crippen LogP contribution in [0.15, 0.2) is 59.1 Å². The molecule has 176 valence electrons. The van der Waals surface area contributed by atoms with Gasteiger partial charge in [-0.05, 0) is 25.1 Å². The number of pyridine rings is 1. The first-order chi connectivity index (χ1) is 15.4. The summed E-state index contributed by atoms with van der Waals surface area (Å²) in [7, 11) is -3.46. The van der Waals surface area contributed by atoms with Crippen LogP contribution in [0.5, 0.6) is 11.6 Å². The zero-order chi connectivity index (χ0) is 24.3. The van der Waals surface area contributed by atoms with Crippen molar-refractivity contribution in [3.05, 3.63) is 59.7 Å². The molecular weight excluding hydrogens is 483 g/mol. The number of hydrogen-bond acceptors (Lipinski definition) is 8. The molecule has 8 nitrogen and oxygen atoms in total. The number of benzene rings is 1. The van der Waals surface area contributed by atoms with E-state index in [1.165, 1.54) is 60.9 Å². The standard InChI is InChI=1S/C20H18F3N3O5S2/c1-19(17(27)26-18-24-9-10-32-18,13-3-6-15(7-4-13)33(2,28)29)31-16-8-5-14(11-25-16)30-12-20(21,22)23/h3-11H,12H2,1-2H3,(H,24,26,27). The molecule has 0 spiro atoms. The maximum Gasteiger partial charge on any atom is 0.422 e. The van der Waals surface area contributed by atoms with Gasteiger partial charge in [0.25, 0.3) is 5.91 Å². The topological polar surface area (TPSA) is 107 Å². The minimum Gasteiger partial charge on any atom is -0.483 e. The number of ether oxygens (including phenoxy) is 2. The second kappa shape index (κ2) is 9.35. The van der Waals surface area contributed by atoms with Crippen molar-refractivity contribution in [2.24, 2.45) is 0 Å². The number of alkyl halides is 3. The van der Waals surface area contributed by atoms with E-state index >= 15 is 0 Å². The summed E-state index contributed by atoms with van der Waals surface area (Å²) >= 11 is 1.18. The number of sulfone groups is 1. The summed E-state index contributed by atoms with van der Waals surface area (Å²) < 4.78 is 71.0. The molecule has 3 aromatic rings. The first kappa shape index (κ1) is 24.5. The highest BCUT2D eigenvalue weighted by Crippen LogP contribution is 2.31. The largest absolute Gasteiger partial charge is 0.483 e. The van der Waals surface area contributed by atoms with Crippen molar-refractivity contribution < 1.29 is 35.9 Å². The van der Waals surface area contributed by atoms with Crippen molar-refractivity contribution in [3.8, 4) is 11.6 Å². The number of halogens is 3. The van der Waals surface area contributed by atoms with Crippen molar-refractivity contribution in [2.45, 2.75) is 23.6 Å². The summed E-state index contributed by atoms with van der Waals surface area (Å²) in [5, 5.41) is 4.60. The van der Waals surface area contributed by atoms with Gasteiger partial charge >= 0.3 is 6.18 Å². The Morgan fingerprint density at radius 2 is 1.82 bits per heavy atom. The average Bonchev–Trinajstić information content (AvgIpc) is 3.25. The van der Waals surface area contributed by atoms with Gasteiger partial charge in [0.05, 0.1) is 11.1 Å². The van der Waals surface area contributed by atoms with Gasteiger partial charge in [-0.3, -0.25) is 10.1 Å². The molecule has 1 amide bonds. The van der Waals surface area contributed by atoms with Crippen LogP contribution in [0.25, 0.3) is 0 Å². The molecule has 1 N–H and O–H groups in total. The maximum atomic E-state index is 13.1. The molecule has 0 aliphatic heterocycles. The minimum atomic E-state index is -4.50. The van der Waals surface area contributed by atoms with Crippen molar-refractivity contribution in [1.29, 1.82) is 0 Å². The highest BCUT2D eigenvalue weighted by Gasteiger charge is 2.39. The smallest absolute Gasteiger partial charge is 0.422 e. The molecule has 1 aromatic carbocycles. The first-order valence-electron chi connectivity index (χ1n) is 9.23. The fourth-order valence-electron chi connectivity index (χ4n) is 2.64. The number of anilines is 1. The molecule has 0 saturated heterocycles. The lowest BCUT2D eigenvalue weighted by atomic mass is 9.94. The molecule has 13 heteroatoms. The molecule has 2 heterocycles. The van der Waals surface area contributed by atoms with Gasteiger partial charge in [0.2, 0.25) is 11.5 Å². The van der Waals surface area contributed by atoms with Gasteiger partial charge in [0.15, 0.2) is 21.6 Å². The van der Waals surface area contributed by atoms with Gasteiger partial charge in [0.1, 0.15) is 5.75 Å². The molecule has 0 saturated carbocycles. The van der Waals surface area contributed by atoms with Crippen LogP contribution in [0.1, 0.15) is 12.5 Å².